The summed E-state index contributed by atoms with van der Waals surface area (Å²) in [6, 6.07) is 4.08. The van der Waals surface area contributed by atoms with Crippen molar-refractivity contribution in [3.63, 3.8) is 0 Å². The van der Waals surface area contributed by atoms with Gasteiger partial charge in [-0.3, -0.25) is 0 Å². The van der Waals surface area contributed by atoms with Crippen LogP contribution >= 0.6 is 38.6 Å². The van der Waals surface area contributed by atoms with Crippen LogP contribution < -0.4 is 10.5 Å². The fourth-order valence-electron chi connectivity index (χ4n) is 2.48. The molecule has 118 valence electrons. The molecule has 2 aromatic rings. The van der Waals surface area contributed by atoms with Gasteiger partial charge in [-0.1, -0.05) is 0 Å². The van der Waals surface area contributed by atoms with Gasteiger partial charge < -0.3 is 15.2 Å². The number of aryl methyl sites for hydroxylation is 1. The van der Waals surface area contributed by atoms with Gasteiger partial charge in [0.1, 0.15) is 17.2 Å². The van der Waals surface area contributed by atoms with Crippen molar-refractivity contribution in [1.82, 2.24) is 0 Å². The summed E-state index contributed by atoms with van der Waals surface area (Å²) in [5, 5.41) is 11.4. The van der Waals surface area contributed by atoms with E-state index in [1.807, 2.05) is 18.4 Å². The maximum absolute atomic E-state index is 12.1. The van der Waals surface area contributed by atoms with Crippen LogP contribution in [0.25, 0.3) is 0 Å². The summed E-state index contributed by atoms with van der Waals surface area (Å²) in [5.41, 5.74) is 6.66. The predicted molar refractivity (Wildman–Crippen MR) is 91.7 cm³/mol. The van der Waals surface area contributed by atoms with Gasteiger partial charge in [0.15, 0.2) is 5.75 Å². The fraction of sp³-hybridized carbons (Fsp3) is 0.200. The number of nitriles is 1. The highest BCUT2D eigenvalue weighted by atomic mass is 79.9. The molecule has 0 bridgehead atoms. The van der Waals surface area contributed by atoms with E-state index in [0.717, 1.165) is 19.1 Å². The Morgan fingerprint density at radius 2 is 2.30 bits per heavy atom. The molecular formula is C15H11BrN2O3S2. The quantitative estimate of drug-likeness (QED) is 0.758. The van der Waals surface area contributed by atoms with Gasteiger partial charge in [-0.05, 0) is 28.9 Å². The Morgan fingerprint density at radius 3 is 2.87 bits per heavy atom. The zero-order chi connectivity index (χ0) is 16.7. The van der Waals surface area contributed by atoms with Crippen LogP contribution in [0.3, 0.4) is 0 Å². The van der Waals surface area contributed by atoms with Crippen molar-refractivity contribution in [2.24, 2.45) is 5.73 Å². The van der Waals surface area contributed by atoms with E-state index in [9.17, 15) is 10.1 Å². The lowest BCUT2D eigenvalue weighted by Crippen LogP contribution is -2.20. The minimum Gasteiger partial charge on any atom is -0.465 e. The molecule has 0 fully saturated rings. The highest BCUT2D eigenvalue weighted by Crippen LogP contribution is 2.50. The molecule has 2 aromatic heterocycles. The molecule has 5 nitrogen and oxygen atoms in total. The Hall–Kier alpha value is -1.82. The molecule has 0 aromatic carbocycles. The molecule has 0 aliphatic carbocycles. The monoisotopic (exact) mass is 410 g/mol. The smallest absolute Gasteiger partial charge is 0.342 e. The van der Waals surface area contributed by atoms with E-state index in [2.05, 4.69) is 22.0 Å². The summed E-state index contributed by atoms with van der Waals surface area (Å²) in [6.07, 6.45) is 0. The Bertz CT molecular complexity index is 876. The van der Waals surface area contributed by atoms with Crippen LogP contribution in [0.4, 0.5) is 0 Å². The van der Waals surface area contributed by atoms with E-state index in [1.54, 1.807) is 0 Å². The first kappa shape index (κ1) is 16.1. The minimum atomic E-state index is -0.473. The highest BCUT2D eigenvalue weighted by molar-refractivity contribution is 9.10. The molecular weight excluding hydrogens is 400 g/mol. The molecule has 1 aliphatic heterocycles. The fourth-order valence-corrected chi connectivity index (χ4v) is 5.33. The van der Waals surface area contributed by atoms with E-state index in [-0.39, 0.29) is 11.8 Å². The first-order valence-corrected chi connectivity index (χ1v) is 9.00. The summed E-state index contributed by atoms with van der Waals surface area (Å²) >= 11 is 6.36. The van der Waals surface area contributed by atoms with Crippen LogP contribution in [0.2, 0.25) is 0 Å². The van der Waals surface area contributed by atoms with Gasteiger partial charge in [-0.15, -0.1) is 22.7 Å². The zero-order valence-corrected chi connectivity index (χ0v) is 15.4. The number of methoxy groups -OCH3 is 1. The van der Waals surface area contributed by atoms with Gasteiger partial charge >= 0.3 is 5.97 Å². The van der Waals surface area contributed by atoms with Gasteiger partial charge in [-0.25, -0.2) is 4.79 Å². The van der Waals surface area contributed by atoms with E-state index in [4.69, 9.17) is 15.2 Å². The van der Waals surface area contributed by atoms with Crippen molar-refractivity contribution >= 4 is 44.6 Å². The summed E-state index contributed by atoms with van der Waals surface area (Å²) < 4.78 is 11.4. The normalized spacial score (nSPS) is 16.5. The first-order valence-electron chi connectivity index (χ1n) is 6.51. The van der Waals surface area contributed by atoms with Crippen LogP contribution in [0.15, 0.2) is 27.4 Å². The number of hydrogen-bond acceptors (Lipinski definition) is 7. The van der Waals surface area contributed by atoms with Gasteiger partial charge in [0.2, 0.25) is 5.88 Å². The molecule has 8 heteroatoms. The lowest BCUT2D eigenvalue weighted by molar-refractivity contribution is 0.0597. The third-order valence-electron chi connectivity index (χ3n) is 3.48. The van der Waals surface area contributed by atoms with Crippen molar-refractivity contribution < 1.29 is 14.3 Å². The molecule has 0 saturated carbocycles. The average Bonchev–Trinajstić information content (AvgIpc) is 3.08. The Labute approximate surface area is 149 Å². The number of carbonyl (C=O) groups is 1. The second-order valence-electron chi connectivity index (χ2n) is 4.81. The van der Waals surface area contributed by atoms with Crippen LogP contribution in [0, 0.1) is 18.3 Å². The number of hydrogen-bond donors (Lipinski definition) is 1. The number of halogens is 1. The molecule has 1 aliphatic rings. The predicted octanol–water partition coefficient (Wildman–Crippen LogP) is 3.89. The zero-order valence-electron chi connectivity index (χ0n) is 12.2. The SMILES string of the molecule is COC(=O)c1c(C)sc2c1OC(N)=C(C#N)[C@@H]2c1cc(Br)cs1. The number of esters is 1. The number of carbonyl (C=O) groups excluding carboxylic acids is 1. The number of ether oxygens (including phenoxy) is 2. The molecule has 0 saturated heterocycles. The number of thiophene rings is 2. The first-order chi connectivity index (χ1) is 11.0. The van der Waals surface area contributed by atoms with Gasteiger partial charge in [0, 0.05) is 19.6 Å². The van der Waals surface area contributed by atoms with Crippen molar-refractivity contribution in [2.75, 3.05) is 7.11 Å². The van der Waals surface area contributed by atoms with E-state index in [1.165, 1.54) is 29.8 Å². The third-order valence-corrected chi connectivity index (χ3v) is 6.39. The Morgan fingerprint density at radius 1 is 1.57 bits per heavy atom. The maximum atomic E-state index is 12.1. The molecule has 3 heterocycles. The van der Waals surface area contributed by atoms with Crippen LogP contribution in [0.1, 0.15) is 30.9 Å². The van der Waals surface area contributed by atoms with E-state index >= 15 is 0 Å². The number of nitrogens with zero attached hydrogens (tertiary/aromatic N) is 1. The van der Waals surface area contributed by atoms with E-state index < -0.39 is 5.97 Å². The maximum Gasteiger partial charge on any atom is 0.342 e. The number of nitrogens with two attached hydrogens (primary N) is 1. The van der Waals surface area contributed by atoms with Gasteiger partial charge in [0.05, 0.1) is 17.9 Å². The molecule has 0 amide bonds. The van der Waals surface area contributed by atoms with Crippen molar-refractivity contribution in [2.45, 2.75) is 12.8 Å². The molecule has 0 unspecified atom stereocenters. The summed E-state index contributed by atoms with van der Waals surface area (Å²) in [5.74, 6) is -0.385. The lowest BCUT2D eigenvalue weighted by Gasteiger charge is -2.22. The molecule has 2 N–H and O–H groups in total. The lowest BCUT2D eigenvalue weighted by atomic mass is 9.93. The number of allylic oxidation sites excluding steroid dienone is 1. The van der Waals surface area contributed by atoms with Crippen molar-refractivity contribution in [3.8, 4) is 11.8 Å². The van der Waals surface area contributed by atoms with E-state index in [0.29, 0.717) is 16.9 Å². The van der Waals surface area contributed by atoms with Crippen molar-refractivity contribution in [1.29, 1.82) is 5.26 Å². The molecule has 0 spiro atoms. The number of rotatable bonds is 2. The van der Waals surface area contributed by atoms with Crippen LogP contribution in [-0.2, 0) is 4.74 Å². The molecule has 3 rings (SSSR count). The largest absolute Gasteiger partial charge is 0.465 e. The summed E-state index contributed by atoms with van der Waals surface area (Å²) in [6.45, 7) is 1.82. The highest BCUT2D eigenvalue weighted by Gasteiger charge is 2.37. The topological polar surface area (TPSA) is 85.3 Å². The molecule has 1 atom stereocenters. The second kappa shape index (κ2) is 6.00. The average molecular weight is 411 g/mol. The van der Waals surface area contributed by atoms with Crippen LogP contribution in [0.5, 0.6) is 5.75 Å². The Balaban J connectivity index is 2.24. The Kier molecular flexibility index (Phi) is 4.19. The molecule has 0 radical (unpaired) electrons. The summed E-state index contributed by atoms with van der Waals surface area (Å²) in [7, 11) is 1.32. The van der Waals surface area contributed by atoms with Gasteiger partial charge in [0.25, 0.3) is 0 Å². The second-order valence-corrected chi connectivity index (χ2v) is 7.93. The van der Waals surface area contributed by atoms with Crippen molar-refractivity contribution in [3.05, 3.63) is 47.6 Å². The third kappa shape index (κ3) is 2.55. The number of fused-ring (bicyclic) bond motifs is 1. The van der Waals surface area contributed by atoms with Crippen LogP contribution in [-0.4, -0.2) is 13.1 Å². The summed E-state index contributed by atoms with van der Waals surface area (Å²) in [4.78, 5) is 14.6. The molecule has 23 heavy (non-hydrogen) atoms. The standard InChI is InChI=1S/C15H11BrN2O3S2/c1-6-10(15(19)20-2)12-13(23-6)11(8(4-17)14(18)21-12)9-3-7(16)5-22-9/h3,5,11H,18H2,1-2H3/t11-/m1/s1. The minimum absolute atomic E-state index is 0.0254. The van der Waals surface area contributed by atoms with Gasteiger partial charge in [-0.2, -0.15) is 5.26 Å².